The van der Waals surface area contributed by atoms with Crippen molar-refractivity contribution < 1.29 is 28.6 Å². The van der Waals surface area contributed by atoms with Crippen LogP contribution in [0.15, 0.2) is 23.4 Å². The molecule has 11 nitrogen and oxygen atoms in total. The minimum Gasteiger partial charge on any atom is -0.493 e. The largest absolute Gasteiger partial charge is 0.493 e. The molecule has 13 heteroatoms. The fraction of sp³-hybridized carbons (Fsp3) is 0.516. The van der Waals surface area contributed by atoms with Crippen LogP contribution < -0.4 is 20.1 Å². The van der Waals surface area contributed by atoms with Crippen LogP contribution in [0.1, 0.15) is 95.4 Å². The van der Waals surface area contributed by atoms with Crippen LogP contribution in [0.2, 0.25) is 0 Å². The molecule has 5 rings (SSSR count). The Balaban J connectivity index is 1.31. The number of aromatic nitrogens is 3. The molecule has 1 saturated carbocycles. The van der Waals surface area contributed by atoms with Crippen LogP contribution in [0.4, 0.5) is 5.00 Å². The van der Waals surface area contributed by atoms with Crippen LogP contribution in [0.3, 0.4) is 0 Å². The molecule has 0 bridgehead atoms. The number of methoxy groups -OCH3 is 2. The predicted octanol–water partition coefficient (Wildman–Crippen LogP) is 5.58. The van der Waals surface area contributed by atoms with Crippen molar-refractivity contribution in [2.75, 3.05) is 26.1 Å². The first-order valence-electron chi connectivity index (χ1n) is 15.1. The SMILES string of the molecule is CCOC(=O)c1c(NC(=O)[C@@H](C)Sc2nnc(CNC(=O)c3ccc(OC)c(OC)c3)n2C2CCCCC2)sc2c1CCC2. The summed E-state index contributed by atoms with van der Waals surface area (Å²) in [7, 11) is 3.07. The van der Waals surface area contributed by atoms with E-state index in [9.17, 15) is 14.4 Å². The fourth-order valence-corrected chi connectivity index (χ4v) is 8.01. The summed E-state index contributed by atoms with van der Waals surface area (Å²) in [6.45, 7) is 4.06. The van der Waals surface area contributed by atoms with Crippen molar-refractivity contribution in [3.8, 4) is 11.5 Å². The highest BCUT2D eigenvalue weighted by molar-refractivity contribution is 8.00. The van der Waals surface area contributed by atoms with Crippen LogP contribution in [0.5, 0.6) is 11.5 Å². The number of amides is 2. The van der Waals surface area contributed by atoms with E-state index in [4.69, 9.17) is 14.2 Å². The van der Waals surface area contributed by atoms with Gasteiger partial charge in [-0.1, -0.05) is 31.0 Å². The average molecular weight is 642 g/mol. The van der Waals surface area contributed by atoms with Crippen LogP contribution in [0, 0.1) is 0 Å². The van der Waals surface area contributed by atoms with Crippen LogP contribution >= 0.6 is 23.1 Å². The van der Waals surface area contributed by atoms with Gasteiger partial charge >= 0.3 is 5.97 Å². The van der Waals surface area contributed by atoms with Gasteiger partial charge in [-0.2, -0.15) is 0 Å². The summed E-state index contributed by atoms with van der Waals surface area (Å²) in [5.74, 6) is 0.770. The molecule has 3 aromatic rings. The number of benzene rings is 1. The lowest BCUT2D eigenvalue weighted by Gasteiger charge is -2.26. The lowest BCUT2D eigenvalue weighted by Crippen LogP contribution is -2.27. The van der Waals surface area contributed by atoms with Crippen molar-refractivity contribution in [3.63, 3.8) is 0 Å². The Morgan fingerprint density at radius 2 is 1.84 bits per heavy atom. The van der Waals surface area contributed by atoms with Gasteiger partial charge in [0, 0.05) is 16.5 Å². The Kier molecular flexibility index (Phi) is 10.5. The van der Waals surface area contributed by atoms with E-state index in [1.165, 1.54) is 36.6 Å². The molecule has 1 aromatic carbocycles. The van der Waals surface area contributed by atoms with Gasteiger partial charge in [0.15, 0.2) is 22.5 Å². The van der Waals surface area contributed by atoms with Gasteiger partial charge in [0.05, 0.1) is 38.2 Å². The zero-order valence-electron chi connectivity index (χ0n) is 25.6. The third kappa shape index (κ3) is 6.88. The number of nitrogens with one attached hydrogen (secondary N) is 2. The van der Waals surface area contributed by atoms with Gasteiger partial charge in [-0.3, -0.25) is 9.59 Å². The molecule has 1 fully saturated rings. The summed E-state index contributed by atoms with van der Waals surface area (Å²) in [5.41, 5.74) is 1.93. The van der Waals surface area contributed by atoms with Crippen LogP contribution in [0.25, 0.3) is 0 Å². The Morgan fingerprint density at radius 1 is 1.07 bits per heavy atom. The molecule has 0 spiro atoms. The minimum absolute atomic E-state index is 0.181. The molecule has 2 aromatic heterocycles. The zero-order valence-corrected chi connectivity index (χ0v) is 27.2. The molecular weight excluding hydrogens is 603 g/mol. The van der Waals surface area contributed by atoms with E-state index in [1.807, 2.05) is 6.92 Å². The second-order valence-corrected chi connectivity index (χ2v) is 13.3. The molecule has 2 heterocycles. The number of hydrogen-bond acceptors (Lipinski definition) is 10. The molecule has 0 unspecified atom stereocenters. The number of thiophene rings is 1. The summed E-state index contributed by atoms with van der Waals surface area (Å²) in [6.07, 6.45) is 8.05. The summed E-state index contributed by atoms with van der Waals surface area (Å²) in [4.78, 5) is 40.4. The van der Waals surface area contributed by atoms with Crippen LogP contribution in [-0.4, -0.2) is 58.6 Å². The van der Waals surface area contributed by atoms with E-state index in [2.05, 4.69) is 25.4 Å². The minimum atomic E-state index is -0.511. The maximum absolute atomic E-state index is 13.4. The zero-order chi connectivity index (χ0) is 31.2. The molecule has 0 aliphatic heterocycles. The lowest BCUT2D eigenvalue weighted by atomic mass is 9.95. The van der Waals surface area contributed by atoms with Gasteiger partial charge in [0.2, 0.25) is 5.91 Å². The topological polar surface area (TPSA) is 134 Å². The Morgan fingerprint density at radius 3 is 2.57 bits per heavy atom. The van der Waals surface area contributed by atoms with Crippen LogP contribution in [-0.2, 0) is 28.9 Å². The van der Waals surface area contributed by atoms with Crippen molar-refractivity contribution in [2.24, 2.45) is 0 Å². The Hall–Kier alpha value is -3.58. The number of rotatable bonds is 12. The van der Waals surface area contributed by atoms with E-state index in [1.54, 1.807) is 32.2 Å². The third-order valence-corrected chi connectivity index (χ3v) is 10.3. The first-order chi connectivity index (χ1) is 21.3. The maximum atomic E-state index is 13.4. The third-order valence-electron chi connectivity index (χ3n) is 8.02. The number of nitrogens with zero attached hydrogens (tertiary/aromatic N) is 3. The number of hydrogen-bond donors (Lipinski definition) is 2. The quantitative estimate of drug-likeness (QED) is 0.192. The van der Waals surface area contributed by atoms with Crippen molar-refractivity contribution in [1.82, 2.24) is 20.1 Å². The smallest absolute Gasteiger partial charge is 0.341 e. The van der Waals surface area contributed by atoms with E-state index in [0.29, 0.717) is 38.6 Å². The molecule has 2 N–H and O–H groups in total. The highest BCUT2D eigenvalue weighted by atomic mass is 32.2. The van der Waals surface area contributed by atoms with Crippen molar-refractivity contribution in [1.29, 1.82) is 0 Å². The standard InChI is InChI=1S/C31H39N5O6S2/c1-5-42-30(39)26-21-12-9-13-24(21)44-29(26)33-27(37)18(2)43-31-35-34-25(36(31)20-10-7-6-8-11-20)17-32-28(38)19-14-15-22(40-3)23(16-19)41-4/h14-16,18,20H,5-13,17H2,1-4H3,(H,32,38)(H,33,37)/t18-/m1/s1. The highest BCUT2D eigenvalue weighted by Crippen LogP contribution is 2.40. The number of carbonyl (C=O) groups excluding carboxylic acids is 3. The fourth-order valence-electron chi connectivity index (χ4n) is 5.79. The summed E-state index contributed by atoms with van der Waals surface area (Å²) >= 11 is 2.80. The van der Waals surface area contributed by atoms with E-state index in [-0.39, 0.29) is 37.0 Å². The van der Waals surface area contributed by atoms with Gasteiger partial charge in [-0.15, -0.1) is 21.5 Å². The van der Waals surface area contributed by atoms with Gasteiger partial charge < -0.3 is 29.4 Å². The molecule has 44 heavy (non-hydrogen) atoms. The average Bonchev–Trinajstić information content (AvgIpc) is 3.74. The highest BCUT2D eigenvalue weighted by Gasteiger charge is 2.31. The molecule has 0 saturated heterocycles. The molecule has 1 atom stereocenters. The van der Waals surface area contributed by atoms with Gasteiger partial charge in [-0.25, -0.2) is 4.79 Å². The molecule has 2 amide bonds. The molecule has 2 aliphatic carbocycles. The Bertz CT molecular complexity index is 1510. The van der Waals surface area contributed by atoms with Crippen molar-refractivity contribution in [3.05, 3.63) is 45.6 Å². The first kappa shape index (κ1) is 31.8. The normalized spacial score (nSPS) is 15.4. The second kappa shape index (κ2) is 14.5. The number of ether oxygens (including phenoxy) is 3. The number of fused-ring (bicyclic) bond motifs is 1. The van der Waals surface area contributed by atoms with Gasteiger partial charge in [0.1, 0.15) is 5.00 Å². The molecule has 236 valence electrons. The summed E-state index contributed by atoms with van der Waals surface area (Å²) in [5, 5.41) is 15.6. The number of thioether (sulfide) groups is 1. The van der Waals surface area contributed by atoms with Gasteiger partial charge in [0.25, 0.3) is 5.91 Å². The number of anilines is 1. The lowest BCUT2D eigenvalue weighted by molar-refractivity contribution is -0.115. The molecular formula is C31H39N5O6S2. The first-order valence-corrected chi connectivity index (χ1v) is 16.8. The van der Waals surface area contributed by atoms with Gasteiger partial charge in [-0.05, 0) is 69.7 Å². The summed E-state index contributed by atoms with van der Waals surface area (Å²) < 4.78 is 18.0. The maximum Gasteiger partial charge on any atom is 0.341 e. The molecule has 2 aliphatic rings. The van der Waals surface area contributed by atoms with E-state index in [0.717, 1.165) is 55.4 Å². The Labute approximate surface area is 265 Å². The van der Waals surface area contributed by atoms with Crippen molar-refractivity contribution >= 4 is 45.9 Å². The summed E-state index contributed by atoms with van der Waals surface area (Å²) in [6, 6.07) is 5.19. The number of esters is 1. The number of aryl methyl sites for hydroxylation is 1. The van der Waals surface area contributed by atoms with E-state index < -0.39 is 5.25 Å². The second-order valence-electron chi connectivity index (χ2n) is 10.8. The monoisotopic (exact) mass is 641 g/mol. The van der Waals surface area contributed by atoms with Crippen molar-refractivity contribution in [2.45, 2.75) is 88.2 Å². The number of carbonyl (C=O) groups is 3. The predicted molar refractivity (Wildman–Crippen MR) is 169 cm³/mol. The van der Waals surface area contributed by atoms with E-state index >= 15 is 0 Å². The molecule has 0 radical (unpaired) electrons.